The highest BCUT2D eigenvalue weighted by molar-refractivity contribution is 6.30. The van der Waals surface area contributed by atoms with Crippen LogP contribution in [0.3, 0.4) is 0 Å². The molecule has 0 aliphatic heterocycles. The van der Waals surface area contributed by atoms with Gasteiger partial charge in [-0.15, -0.1) is 0 Å². The van der Waals surface area contributed by atoms with Crippen LogP contribution in [0.1, 0.15) is 11.7 Å². The highest BCUT2D eigenvalue weighted by atomic mass is 35.5. The van der Waals surface area contributed by atoms with E-state index in [1.54, 1.807) is 0 Å². The van der Waals surface area contributed by atoms with Crippen molar-refractivity contribution in [1.29, 1.82) is 0 Å². The van der Waals surface area contributed by atoms with Gasteiger partial charge < -0.3 is 15.3 Å². The average Bonchev–Trinajstić information content (AvgIpc) is 2.20. The predicted molar refractivity (Wildman–Crippen MR) is 49.5 cm³/mol. The van der Waals surface area contributed by atoms with E-state index in [2.05, 4.69) is 0 Å². The Morgan fingerprint density at radius 2 is 2.00 bits per heavy atom. The zero-order valence-electron chi connectivity index (χ0n) is 7.19. The van der Waals surface area contributed by atoms with Crippen molar-refractivity contribution in [3.05, 3.63) is 34.6 Å². The molecule has 0 spiro atoms. The Kier molecular flexibility index (Phi) is 3.83. The zero-order chi connectivity index (χ0) is 10.7. The van der Waals surface area contributed by atoms with Crippen molar-refractivity contribution < 1.29 is 19.7 Å². The van der Waals surface area contributed by atoms with Gasteiger partial charge in [-0.3, -0.25) is 0 Å². The van der Waals surface area contributed by atoms with Crippen LogP contribution in [-0.2, 0) is 0 Å². The molecule has 1 aromatic carbocycles. The van der Waals surface area contributed by atoms with Gasteiger partial charge in [-0.1, -0.05) is 17.7 Å². The van der Waals surface area contributed by atoms with Crippen LogP contribution in [0.4, 0.5) is 4.39 Å². The van der Waals surface area contributed by atoms with Gasteiger partial charge in [-0.25, -0.2) is 4.39 Å². The lowest BCUT2D eigenvalue weighted by Crippen LogP contribution is -2.22. The van der Waals surface area contributed by atoms with Crippen molar-refractivity contribution in [3.8, 4) is 0 Å². The first kappa shape index (κ1) is 11.4. The summed E-state index contributed by atoms with van der Waals surface area (Å²) in [6.07, 6.45) is -2.64. The van der Waals surface area contributed by atoms with E-state index < -0.39 is 24.6 Å². The molecule has 14 heavy (non-hydrogen) atoms. The first-order valence-corrected chi connectivity index (χ1v) is 4.36. The molecule has 0 radical (unpaired) electrons. The molecule has 2 atom stereocenters. The van der Waals surface area contributed by atoms with Gasteiger partial charge in [0, 0.05) is 0 Å². The minimum absolute atomic E-state index is 0.0561. The van der Waals surface area contributed by atoms with Crippen molar-refractivity contribution in [1.82, 2.24) is 0 Å². The second kappa shape index (κ2) is 4.70. The first-order valence-electron chi connectivity index (χ1n) is 3.98. The number of halogens is 2. The number of aliphatic hydroxyl groups excluding tert-OH is 3. The molecule has 1 rings (SSSR count). The first-order chi connectivity index (χ1) is 6.56. The van der Waals surface area contributed by atoms with Crippen LogP contribution in [-0.4, -0.2) is 28.0 Å². The lowest BCUT2D eigenvalue weighted by atomic mass is 10.1. The molecule has 0 amide bonds. The summed E-state index contributed by atoms with van der Waals surface area (Å²) >= 11 is 5.43. The lowest BCUT2D eigenvalue weighted by molar-refractivity contribution is -0.0153. The summed E-state index contributed by atoms with van der Waals surface area (Å²) in [4.78, 5) is 0. The number of hydrogen-bond donors (Lipinski definition) is 3. The Morgan fingerprint density at radius 1 is 1.36 bits per heavy atom. The monoisotopic (exact) mass is 220 g/mol. The number of rotatable bonds is 3. The molecular weight excluding hydrogens is 211 g/mol. The van der Waals surface area contributed by atoms with Gasteiger partial charge >= 0.3 is 0 Å². The van der Waals surface area contributed by atoms with Gasteiger partial charge in [0.05, 0.1) is 11.6 Å². The summed E-state index contributed by atoms with van der Waals surface area (Å²) < 4.78 is 12.9. The van der Waals surface area contributed by atoms with E-state index in [9.17, 15) is 9.50 Å². The smallest absolute Gasteiger partial charge is 0.142 e. The highest BCUT2D eigenvalue weighted by Crippen LogP contribution is 2.22. The Balaban J connectivity index is 2.91. The molecule has 0 fully saturated rings. The van der Waals surface area contributed by atoms with Gasteiger partial charge in [0.15, 0.2) is 0 Å². The molecule has 0 aliphatic rings. The number of benzene rings is 1. The molecule has 3 nitrogen and oxygen atoms in total. The van der Waals surface area contributed by atoms with Crippen LogP contribution >= 0.6 is 11.6 Å². The maximum Gasteiger partial charge on any atom is 0.142 e. The Morgan fingerprint density at radius 3 is 2.50 bits per heavy atom. The standard InChI is InChI=1S/C9H10ClFO3/c10-6-2-1-5(3-7(6)11)9(14)8(13)4-12/h1-3,8-9,12-14H,4H2. The summed E-state index contributed by atoms with van der Waals surface area (Å²) in [6, 6.07) is 3.68. The lowest BCUT2D eigenvalue weighted by Gasteiger charge is -2.15. The van der Waals surface area contributed by atoms with Crippen LogP contribution in [0.2, 0.25) is 5.02 Å². The molecule has 2 unspecified atom stereocenters. The van der Waals surface area contributed by atoms with Gasteiger partial charge in [0.25, 0.3) is 0 Å². The van der Waals surface area contributed by atoms with Crippen LogP contribution in [0.5, 0.6) is 0 Å². The molecule has 0 bridgehead atoms. The molecule has 78 valence electrons. The molecule has 0 heterocycles. The molecule has 0 saturated heterocycles. The second-order valence-electron chi connectivity index (χ2n) is 2.87. The SMILES string of the molecule is OCC(O)C(O)c1ccc(Cl)c(F)c1. The van der Waals surface area contributed by atoms with E-state index in [0.29, 0.717) is 0 Å². The van der Waals surface area contributed by atoms with Crippen molar-refractivity contribution in [2.75, 3.05) is 6.61 Å². The summed E-state index contributed by atoms with van der Waals surface area (Å²) in [5, 5.41) is 27.0. The maximum absolute atomic E-state index is 12.9. The van der Waals surface area contributed by atoms with Gasteiger partial charge in [-0.05, 0) is 17.7 Å². The minimum atomic E-state index is -1.32. The quantitative estimate of drug-likeness (QED) is 0.708. The van der Waals surface area contributed by atoms with Crippen molar-refractivity contribution in [2.24, 2.45) is 0 Å². The van der Waals surface area contributed by atoms with Gasteiger partial charge in [0.2, 0.25) is 0 Å². The number of hydrogen-bond acceptors (Lipinski definition) is 3. The van der Waals surface area contributed by atoms with E-state index in [-0.39, 0.29) is 10.6 Å². The van der Waals surface area contributed by atoms with E-state index >= 15 is 0 Å². The van der Waals surface area contributed by atoms with Crippen molar-refractivity contribution in [2.45, 2.75) is 12.2 Å². The van der Waals surface area contributed by atoms with E-state index in [4.69, 9.17) is 21.8 Å². The van der Waals surface area contributed by atoms with E-state index in [1.165, 1.54) is 12.1 Å². The zero-order valence-corrected chi connectivity index (χ0v) is 7.95. The molecule has 3 N–H and O–H groups in total. The topological polar surface area (TPSA) is 60.7 Å². The fourth-order valence-corrected chi connectivity index (χ4v) is 1.14. The minimum Gasteiger partial charge on any atom is -0.394 e. The third kappa shape index (κ3) is 2.42. The van der Waals surface area contributed by atoms with Crippen LogP contribution in [0, 0.1) is 5.82 Å². The normalized spacial score (nSPS) is 15.2. The van der Waals surface area contributed by atoms with Crippen LogP contribution in [0.15, 0.2) is 18.2 Å². The summed E-state index contributed by atoms with van der Waals surface area (Å²) in [7, 11) is 0. The molecule has 0 aromatic heterocycles. The summed E-state index contributed by atoms with van der Waals surface area (Å²) in [6.45, 7) is -0.592. The fourth-order valence-electron chi connectivity index (χ4n) is 1.02. The molecule has 1 aromatic rings. The van der Waals surface area contributed by atoms with Crippen molar-refractivity contribution >= 4 is 11.6 Å². The Bertz CT molecular complexity index is 319. The number of aliphatic hydroxyl groups is 3. The summed E-state index contributed by atoms with van der Waals surface area (Å²) in [5.41, 5.74) is 0.174. The van der Waals surface area contributed by atoms with Crippen molar-refractivity contribution in [3.63, 3.8) is 0 Å². The van der Waals surface area contributed by atoms with Gasteiger partial charge in [-0.2, -0.15) is 0 Å². The summed E-state index contributed by atoms with van der Waals surface area (Å²) in [5.74, 6) is -0.673. The highest BCUT2D eigenvalue weighted by Gasteiger charge is 2.18. The molecule has 0 aliphatic carbocycles. The average molecular weight is 221 g/mol. The fraction of sp³-hybridized carbons (Fsp3) is 0.333. The third-order valence-electron chi connectivity index (χ3n) is 1.84. The van der Waals surface area contributed by atoms with Gasteiger partial charge in [0.1, 0.15) is 18.0 Å². The van der Waals surface area contributed by atoms with E-state index in [0.717, 1.165) is 6.07 Å². The predicted octanol–water partition coefficient (Wildman–Crippen LogP) is 0.866. The van der Waals surface area contributed by atoms with Crippen LogP contribution in [0.25, 0.3) is 0 Å². The largest absolute Gasteiger partial charge is 0.394 e. The molecule has 0 saturated carbocycles. The van der Waals surface area contributed by atoms with E-state index in [1.807, 2.05) is 0 Å². The molecule has 5 heteroatoms. The Hall–Kier alpha value is -0.680. The second-order valence-corrected chi connectivity index (χ2v) is 3.28. The Labute approximate surface area is 85.4 Å². The maximum atomic E-state index is 12.9. The third-order valence-corrected chi connectivity index (χ3v) is 2.14. The molecular formula is C9H10ClFO3. The van der Waals surface area contributed by atoms with Crippen LogP contribution < -0.4 is 0 Å².